The molecule has 0 heterocycles. The van der Waals surface area contributed by atoms with Crippen molar-refractivity contribution in [1.82, 2.24) is 0 Å². The Labute approximate surface area is 140 Å². The van der Waals surface area contributed by atoms with Crippen LogP contribution in [0.2, 0.25) is 0 Å². The molecule has 0 aliphatic rings. The first-order chi connectivity index (χ1) is 10.6. The fraction of sp³-hybridized carbons (Fsp3) is 0.125. The zero-order chi connectivity index (χ0) is 15.9. The Bertz CT molecular complexity index is 620. The SMILES string of the molecule is COc1cc(/C=C/c2ccc(OP(Cl)Cl)cc2)cc(OC)c1. The van der Waals surface area contributed by atoms with E-state index in [1.165, 1.54) is 0 Å². The molecule has 0 radical (unpaired) electrons. The fourth-order valence-corrected chi connectivity index (χ4v) is 2.60. The van der Waals surface area contributed by atoms with Crippen LogP contribution >= 0.6 is 29.3 Å². The molecule has 0 N–H and O–H groups in total. The molecule has 2 rings (SSSR count). The molecule has 0 fully saturated rings. The van der Waals surface area contributed by atoms with Crippen molar-refractivity contribution in [3.8, 4) is 17.2 Å². The molecule has 2 aromatic rings. The average Bonchev–Trinajstić information content (AvgIpc) is 2.53. The van der Waals surface area contributed by atoms with Crippen LogP contribution in [0.1, 0.15) is 11.1 Å². The Morgan fingerprint density at radius 1 is 0.773 bits per heavy atom. The van der Waals surface area contributed by atoms with Gasteiger partial charge in [-0.1, -0.05) is 24.3 Å². The minimum Gasteiger partial charge on any atom is -0.497 e. The molecule has 0 unspecified atom stereocenters. The van der Waals surface area contributed by atoms with Crippen molar-refractivity contribution in [3.63, 3.8) is 0 Å². The zero-order valence-corrected chi connectivity index (χ0v) is 14.5. The second-order valence-electron chi connectivity index (χ2n) is 4.34. The Morgan fingerprint density at radius 3 is 1.82 bits per heavy atom. The Morgan fingerprint density at radius 2 is 1.32 bits per heavy atom. The smallest absolute Gasteiger partial charge is 0.284 e. The van der Waals surface area contributed by atoms with Gasteiger partial charge in [0.15, 0.2) is 0 Å². The second-order valence-corrected chi connectivity index (χ2v) is 7.29. The van der Waals surface area contributed by atoms with E-state index in [9.17, 15) is 0 Å². The number of rotatable bonds is 6. The van der Waals surface area contributed by atoms with Crippen LogP contribution in [0.25, 0.3) is 12.2 Å². The highest BCUT2D eigenvalue weighted by atomic mass is 35.9. The van der Waals surface area contributed by atoms with Crippen LogP contribution in [-0.2, 0) is 0 Å². The maximum Gasteiger partial charge on any atom is 0.284 e. The first-order valence-electron chi connectivity index (χ1n) is 6.41. The standard InChI is InChI=1S/C16H15Cl2O3P/c1-19-15-9-13(10-16(11-15)20-2)4-3-12-5-7-14(8-6-12)21-22(17)18/h3-11H,1-2H3/b4-3+. The van der Waals surface area contributed by atoms with Crippen molar-refractivity contribution in [2.24, 2.45) is 0 Å². The number of benzene rings is 2. The van der Waals surface area contributed by atoms with Gasteiger partial charge in [-0.25, -0.2) is 0 Å². The molecule has 0 saturated carbocycles. The molecular weight excluding hydrogens is 342 g/mol. The minimum absolute atomic E-state index is 0.649. The van der Waals surface area contributed by atoms with E-state index in [0.717, 1.165) is 22.6 Å². The van der Waals surface area contributed by atoms with Gasteiger partial charge in [0.05, 0.1) is 14.2 Å². The summed E-state index contributed by atoms with van der Waals surface area (Å²) in [5, 5.41) is 0. The normalized spacial score (nSPS) is 11.0. The Kier molecular flexibility index (Phi) is 6.38. The predicted octanol–water partition coefficient (Wildman–Crippen LogP) is 5.96. The van der Waals surface area contributed by atoms with Gasteiger partial charge in [-0.15, -0.1) is 0 Å². The van der Waals surface area contributed by atoms with Crippen LogP contribution in [0.4, 0.5) is 0 Å². The highest BCUT2D eigenvalue weighted by molar-refractivity contribution is 8.00. The summed E-state index contributed by atoms with van der Waals surface area (Å²) in [5.74, 6) is 2.15. The van der Waals surface area contributed by atoms with E-state index in [1.54, 1.807) is 14.2 Å². The maximum atomic E-state index is 5.62. The Balaban J connectivity index is 2.14. The van der Waals surface area contributed by atoms with E-state index in [2.05, 4.69) is 0 Å². The third-order valence-corrected chi connectivity index (χ3v) is 3.66. The number of hydrogen-bond donors (Lipinski definition) is 0. The van der Waals surface area contributed by atoms with Crippen molar-refractivity contribution in [1.29, 1.82) is 0 Å². The zero-order valence-electron chi connectivity index (χ0n) is 12.1. The summed E-state index contributed by atoms with van der Waals surface area (Å²) in [7, 11) is 3.26. The lowest BCUT2D eigenvalue weighted by molar-refractivity contribution is 0.394. The van der Waals surface area contributed by atoms with Gasteiger partial charge in [0, 0.05) is 6.07 Å². The van der Waals surface area contributed by atoms with E-state index < -0.39 is 6.85 Å². The van der Waals surface area contributed by atoms with Crippen molar-refractivity contribution in [3.05, 3.63) is 53.6 Å². The van der Waals surface area contributed by atoms with Crippen LogP contribution in [0.5, 0.6) is 17.2 Å². The van der Waals surface area contributed by atoms with Crippen LogP contribution in [-0.4, -0.2) is 14.2 Å². The summed E-state index contributed by atoms with van der Waals surface area (Å²) in [6.07, 6.45) is 3.97. The van der Waals surface area contributed by atoms with Gasteiger partial charge in [-0.3, -0.25) is 0 Å². The molecule has 6 heteroatoms. The summed E-state index contributed by atoms with van der Waals surface area (Å²) in [6.45, 7) is -1.44. The summed E-state index contributed by atoms with van der Waals surface area (Å²) < 4.78 is 15.7. The average molecular weight is 357 g/mol. The first kappa shape index (κ1) is 17.0. The molecular formula is C16H15Cl2O3P. The lowest BCUT2D eigenvalue weighted by atomic mass is 10.1. The maximum absolute atomic E-state index is 5.62. The molecule has 0 atom stereocenters. The van der Waals surface area contributed by atoms with Gasteiger partial charge < -0.3 is 14.0 Å². The third-order valence-electron chi connectivity index (χ3n) is 2.90. The summed E-state index contributed by atoms with van der Waals surface area (Å²) in [5.41, 5.74) is 2.02. The quantitative estimate of drug-likeness (QED) is 0.472. The first-order valence-corrected chi connectivity index (χ1v) is 9.48. The van der Waals surface area contributed by atoms with Gasteiger partial charge >= 0.3 is 0 Å². The molecule has 0 spiro atoms. The van der Waals surface area contributed by atoms with Crippen molar-refractivity contribution >= 4 is 41.5 Å². The van der Waals surface area contributed by atoms with Crippen molar-refractivity contribution in [2.75, 3.05) is 14.2 Å². The lowest BCUT2D eigenvalue weighted by Gasteiger charge is -2.06. The monoisotopic (exact) mass is 356 g/mol. The molecule has 0 aromatic heterocycles. The lowest BCUT2D eigenvalue weighted by Crippen LogP contribution is -1.88. The van der Waals surface area contributed by atoms with Crippen molar-refractivity contribution < 1.29 is 14.0 Å². The van der Waals surface area contributed by atoms with Gasteiger partial charge in [0.25, 0.3) is 6.85 Å². The second kappa shape index (κ2) is 8.28. The number of hydrogen-bond acceptors (Lipinski definition) is 3. The molecule has 0 saturated heterocycles. The molecule has 0 aliphatic carbocycles. The molecule has 3 nitrogen and oxygen atoms in total. The highest BCUT2D eigenvalue weighted by Gasteiger charge is 2.02. The van der Waals surface area contributed by atoms with Gasteiger partial charge in [-0.05, 0) is 57.9 Å². The van der Waals surface area contributed by atoms with E-state index >= 15 is 0 Å². The van der Waals surface area contributed by atoms with Crippen molar-refractivity contribution in [2.45, 2.75) is 0 Å². The molecule has 0 aliphatic heterocycles. The number of halogens is 2. The Hall–Kier alpha value is -1.41. The molecule has 0 amide bonds. The van der Waals surface area contributed by atoms with Gasteiger partial charge in [-0.2, -0.15) is 0 Å². The molecule has 116 valence electrons. The third kappa shape index (κ3) is 5.10. The van der Waals surface area contributed by atoms with E-state index in [1.807, 2.05) is 54.6 Å². The van der Waals surface area contributed by atoms with Gasteiger partial charge in [0.2, 0.25) is 0 Å². The molecule has 2 aromatic carbocycles. The predicted molar refractivity (Wildman–Crippen MR) is 94.2 cm³/mol. The fourth-order valence-electron chi connectivity index (χ4n) is 1.84. The van der Waals surface area contributed by atoms with Crippen LogP contribution in [0.3, 0.4) is 0 Å². The summed E-state index contributed by atoms with van der Waals surface area (Å²) >= 11 is 11.2. The van der Waals surface area contributed by atoms with E-state index in [4.69, 9.17) is 36.5 Å². The van der Waals surface area contributed by atoms with Crippen LogP contribution < -0.4 is 14.0 Å². The molecule has 22 heavy (non-hydrogen) atoms. The number of methoxy groups -OCH3 is 2. The summed E-state index contributed by atoms with van der Waals surface area (Å²) in [6, 6.07) is 13.2. The topological polar surface area (TPSA) is 27.7 Å². The van der Waals surface area contributed by atoms with Crippen LogP contribution in [0.15, 0.2) is 42.5 Å². The highest BCUT2D eigenvalue weighted by Crippen LogP contribution is 2.47. The largest absolute Gasteiger partial charge is 0.497 e. The van der Waals surface area contributed by atoms with Gasteiger partial charge in [0.1, 0.15) is 17.2 Å². The van der Waals surface area contributed by atoms with Crippen LogP contribution in [0, 0.1) is 0 Å². The molecule has 0 bridgehead atoms. The number of ether oxygens (including phenoxy) is 2. The summed E-state index contributed by atoms with van der Waals surface area (Å²) in [4.78, 5) is 0. The van der Waals surface area contributed by atoms with E-state index in [-0.39, 0.29) is 0 Å². The minimum atomic E-state index is -1.44. The van der Waals surface area contributed by atoms with E-state index in [0.29, 0.717) is 5.75 Å².